The van der Waals surface area contributed by atoms with E-state index in [0.717, 1.165) is 11.8 Å². The molecule has 4 saturated carbocycles. The normalized spacial score (nSPS) is 50.7. The number of hydrogen-bond acceptors (Lipinski definition) is 27. The minimum Gasteiger partial charge on any atom is -0.479 e. The number of allylic oxidation sites excluding steroid dienone is 2. The number of carbonyl (C=O) groups excluding carboxylic acids is 3. The van der Waals surface area contributed by atoms with Crippen LogP contribution in [-0.4, -0.2) is 252 Å². The molecule has 0 bridgehead atoms. The first-order valence-electron chi connectivity index (χ1n) is 36.1. The smallest absolute Gasteiger partial charge is 0.335 e. The summed E-state index contributed by atoms with van der Waals surface area (Å²) in [5, 5.41) is 137. The van der Waals surface area contributed by atoms with E-state index in [-0.39, 0.29) is 43.4 Å². The molecule has 5 heterocycles. The summed E-state index contributed by atoms with van der Waals surface area (Å²) in [4.78, 5) is 67.6. The van der Waals surface area contributed by atoms with Crippen LogP contribution in [0.2, 0.25) is 0 Å². The molecule has 28 nitrogen and oxygen atoms in total. The van der Waals surface area contributed by atoms with Crippen LogP contribution in [-0.2, 0) is 76.3 Å². The molecule has 0 aromatic heterocycles. The monoisotopic (exact) mass is 1430 g/mol. The maximum atomic E-state index is 15.9. The third kappa shape index (κ3) is 13.8. The molecule has 0 radical (unpaired) electrons. The van der Waals surface area contributed by atoms with E-state index in [1.165, 1.54) is 13.0 Å². The predicted molar refractivity (Wildman–Crippen MR) is 350 cm³/mol. The summed E-state index contributed by atoms with van der Waals surface area (Å²) in [5.41, 5.74) is -3.36. The highest BCUT2D eigenvalue weighted by atomic mass is 17.2. The van der Waals surface area contributed by atoms with Gasteiger partial charge in [0.1, 0.15) is 85.6 Å². The lowest BCUT2D eigenvalue weighted by Crippen LogP contribution is -2.70. The molecule has 5 saturated heterocycles. The second-order valence-electron chi connectivity index (χ2n) is 32.3. The number of ether oxygens (including phenoxy) is 10. The van der Waals surface area contributed by atoms with Gasteiger partial charge in [-0.05, 0) is 136 Å². The molecule has 37 unspecified atom stereocenters. The Kier molecular flexibility index (Phi) is 23.1. The van der Waals surface area contributed by atoms with Gasteiger partial charge in [-0.2, -0.15) is 0 Å². The third-order valence-electron chi connectivity index (χ3n) is 25.9. The van der Waals surface area contributed by atoms with Crippen LogP contribution < -0.4 is 0 Å². The Morgan fingerprint density at radius 3 is 2.00 bits per heavy atom. The van der Waals surface area contributed by atoms with Crippen molar-refractivity contribution < 1.29 is 138 Å². The minimum absolute atomic E-state index is 0.00310. The Morgan fingerprint density at radius 1 is 0.653 bits per heavy atom. The Balaban J connectivity index is 0.879. The number of aryl methyl sites for hydroxylation is 1. The number of aliphatic hydroxyl groups is 11. The molecule has 0 spiro atoms. The van der Waals surface area contributed by atoms with Crippen molar-refractivity contribution in [3.05, 3.63) is 53.6 Å². The average Bonchev–Trinajstić information content (AvgIpc) is 0.674. The SMILES string of the molecule is CCC1(C(=O)OC2OC(C)C(OC(=O)C=Cc3ccc(C)cc3)C(O)C2OC2CC(C)C(O)C(O)C2O)C(O)CC2(C)C(C=CC3C4(C)CCC(OC5OC(C(=O)O)C(O)C(OC6OCC(O)C(O)C6O)C5OC5OC6C(C)C(C)OOC6C(O)C5O)C(C)(C=O)C4CCC32C)C1CC(C)C. The van der Waals surface area contributed by atoms with Gasteiger partial charge in [0.05, 0.1) is 60.2 Å². The third-order valence-corrected chi connectivity index (χ3v) is 25.9. The molecule has 568 valence electrons. The number of aliphatic hydroxyl groups excluding tert-OH is 11. The zero-order valence-electron chi connectivity index (χ0n) is 59.5. The Morgan fingerprint density at radius 2 is 1.34 bits per heavy atom. The van der Waals surface area contributed by atoms with Crippen molar-refractivity contribution in [2.45, 2.75) is 294 Å². The number of fused-ring (bicyclic) bond motifs is 6. The van der Waals surface area contributed by atoms with Crippen LogP contribution in [0, 0.1) is 75.4 Å². The number of aliphatic carboxylic acids is 1. The van der Waals surface area contributed by atoms with Crippen molar-refractivity contribution >= 4 is 30.3 Å². The van der Waals surface area contributed by atoms with Gasteiger partial charge in [-0.15, -0.1) is 0 Å². The van der Waals surface area contributed by atoms with Gasteiger partial charge in [-0.3, -0.25) is 4.79 Å². The predicted octanol–water partition coefficient (Wildman–Crippen LogP) is 2.07. The summed E-state index contributed by atoms with van der Waals surface area (Å²) < 4.78 is 62.9. The number of hydrogen-bond donors (Lipinski definition) is 12. The first-order valence-corrected chi connectivity index (χ1v) is 36.1. The van der Waals surface area contributed by atoms with E-state index >= 15 is 4.79 Å². The largest absolute Gasteiger partial charge is 0.479 e. The fraction of sp³-hybridized carbons (Fsp3) is 0.808. The second-order valence-corrected chi connectivity index (χ2v) is 32.3. The lowest BCUT2D eigenvalue weighted by Gasteiger charge is -2.71. The fourth-order valence-electron chi connectivity index (χ4n) is 19.6. The summed E-state index contributed by atoms with van der Waals surface area (Å²) in [6.45, 7) is 22.2. The van der Waals surface area contributed by atoms with E-state index in [1.54, 1.807) is 33.8 Å². The maximum absolute atomic E-state index is 15.9. The number of carboxylic acids is 1. The highest BCUT2D eigenvalue weighted by Gasteiger charge is 2.73. The van der Waals surface area contributed by atoms with Crippen molar-refractivity contribution in [1.82, 2.24) is 0 Å². The van der Waals surface area contributed by atoms with Crippen LogP contribution in [0.4, 0.5) is 0 Å². The van der Waals surface area contributed by atoms with E-state index in [9.17, 15) is 75.7 Å². The molecule has 101 heavy (non-hydrogen) atoms. The van der Waals surface area contributed by atoms with Gasteiger partial charge in [0, 0.05) is 12.0 Å². The highest BCUT2D eigenvalue weighted by Crippen LogP contribution is 2.75. The fourth-order valence-corrected chi connectivity index (χ4v) is 19.6. The minimum atomic E-state index is -2.15. The molecule has 1 aromatic carbocycles. The van der Waals surface area contributed by atoms with Crippen LogP contribution in [0.5, 0.6) is 0 Å². The maximum Gasteiger partial charge on any atom is 0.335 e. The molecule has 1 aromatic rings. The van der Waals surface area contributed by atoms with Crippen molar-refractivity contribution in [2.75, 3.05) is 6.61 Å². The lowest BCUT2D eigenvalue weighted by atomic mass is 9.33. The molecular formula is C73H108O28. The van der Waals surface area contributed by atoms with Gasteiger partial charge in [-0.1, -0.05) is 104 Å². The van der Waals surface area contributed by atoms with Gasteiger partial charge in [0.25, 0.3) is 0 Å². The van der Waals surface area contributed by atoms with Crippen molar-refractivity contribution in [3.63, 3.8) is 0 Å². The zero-order valence-corrected chi connectivity index (χ0v) is 59.5. The second kappa shape index (κ2) is 29.9. The van der Waals surface area contributed by atoms with Gasteiger partial charge >= 0.3 is 17.9 Å². The number of esters is 2. The van der Waals surface area contributed by atoms with Crippen LogP contribution >= 0.6 is 0 Å². The quantitative estimate of drug-likeness (QED) is 0.0250. The van der Waals surface area contributed by atoms with Crippen LogP contribution in [0.25, 0.3) is 6.08 Å². The summed E-state index contributed by atoms with van der Waals surface area (Å²) >= 11 is 0. The van der Waals surface area contributed by atoms with E-state index in [0.29, 0.717) is 31.2 Å². The highest BCUT2D eigenvalue weighted by molar-refractivity contribution is 5.87. The molecular weight excluding hydrogens is 1320 g/mol. The zero-order chi connectivity index (χ0) is 73.7. The van der Waals surface area contributed by atoms with Gasteiger partial charge in [-0.25, -0.2) is 19.4 Å². The summed E-state index contributed by atoms with van der Waals surface area (Å²) in [7, 11) is 0. The van der Waals surface area contributed by atoms with Gasteiger partial charge in [0.15, 0.2) is 31.1 Å². The molecule has 5 aliphatic heterocycles. The molecule has 11 rings (SSSR count). The standard InChI is InChI=1S/C73H108O28/c1-13-73(68(89)99-66-61(92-41-27-33(5)47(78)50(81)49(41)80)54(85)57(36(8)91-66)94-46(77)21-18-37-16-14-32(4)15-17-37)39(26-31(2)3)38-19-20-43-69(9)24-23-45(70(10,30-74)42(69)22-25-71(43,11)72(38,12)28-44(73)76)93-67-62(98-65-53(84)51(82)59-56(95-65)34(6)35(7)100-101-59)58(55(86)60(97-67)63(87)88)96-64-52(83)48(79)40(75)29-90-64/h14-21,30-31,33-36,38-45,47-62,64-67,75-76,78-86H,13,22-29H2,1-12H3,(H,87,88). The van der Waals surface area contributed by atoms with E-state index in [4.69, 9.17) is 57.1 Å². The van der Waals surface area contributed by atoms with E-state index in [2.05, 4.69) is 32.9 Å². The molecule has 9 fully saturated rings. The molecule has 28 heteroatoms. The van der Waals surface area contributed by atoms with Crippen molar-refractivity contribution in [3.8, 4) is 0 Å². The first kappa shape index (κ1) is 78.0. The van der Waals surface area contributed by atoms with Gasteiger partial charge < -0.3 is 113 Å². The number of carboxylic acid groups (broad SMARTS) is 1. The number of benzene rings is 1. The number of aldehydes is 1. The van der Waals surface area contributed by atoms with Crippen LogP contribution in [0.1, 0.15) is 139 Å². The van der Waals surface area contributed by atoms with Gasteiger partial charge in [0.2, 0.25) is 6.29 Å². The van der Waals surface area contributed by atoms with E-state index < -0.39 is 235 Å². The Bertz CT molecular complexity index is 3140. The molecule has 10 aliphatic rings. The summed E-state index contributed by atoms with van der Waals surface area (Å²) in [6, 6.07) is 7.40. The Hall–Kier alpha value is -4.06. The topological polar surface area (TPSA) is 422 Å². The van der Waals surface area contributed by atoms with E-state index in [1.807, 2.05) is 52.0 Å². The average molecular weight is 1430 g/mol. The molecule has 5 aliphatic carbocycles. The van der Waals surface area contributed by atoms with Crippen molar-refractivity contribution in [1.29, 1.82) is 0 Å². The lowest BCUT2D eigenvalue weighted by molar-refractivity contribution is -0.456. The first-order chi connectivity index (χ1) is 47.5. The summed E-state index contributed by atoms with van der Waals surface area (Å²) in [5.74, 6) is -6.13. The summed E-state index contributed by atoms with van der Waals surface area (Å²) in [6.07, 6.45) is -31.0. The van der Waals surface area contributed by atoms with Crippen molar-refractivity contribution in [2.24, 2.45) is 68.5 Å². The Labute approximate surface area is 588 Å². The molecule has 12 N–H and O–H groups in total. The van der Waals surface area contributed by atoms with Crippen LogP contribution in [0.15, 0.2) is 42.5 Å². The number of carbonyl (C=O) groups is 4. The molecule has 37 atom stereocenters. The van der Waals surface area contributed by atoms with Crippen LogP contribution in [0.3, 0.4) is 0 Å². The molecule has 0 amide bonds. The number of rotatable bonds is 18.